The molecule has 100 heavy (non-hydrogen) atoms. The van der Waals surface area contributed by atoms with Crippen LogP contribution in [-0.4, -0.2) is 183 Å². The van der Waals surface area contributed by atoms with Crippen LogP contribution < -0.4 is 16.0 Å². The van der Waals surface area contributed by atoms with Gasteiger partial charge in [0.2, 0.25) is 30.1 Å². The van der Waals surface area contributed by atoms with Crippen LogP contribution in [0.4, 0.5) is 43.4 Å². The number of H-pyrrole nitrogens is 3. The van der Waals surface area contributed by atoms with E-state index in [1.54, 1.807) is 30.6 Å². The Kier molecular flexibility index (Phi) is 22.4. The van der Waals surface area contributed by atoms with Crippen LogP contribution in [0, 0.1) is 34.9 Å². The van der Waals surface area contributed by atoms with Crippen LogP contribution >= 0.6 is 11.6 Å². The average molecular weight is 1470 g/mol. The van der Waals surface area contributed by atoms with Gasteiger partial charge in [0, 0.05) is 147 Å². The van der Waals surface area contributed by atoms with Crippen molar-refractivity contribution >= 4 is 109 Å². The highest BCUT2D eigenvalue weighted by Gasteiger charge is 2.41. The van der Waals surface area contributed by atoms with Crippen molar-refractivity contribution in [3.63, 3.8) is 0 Å². The molecule has 3 aliphatic heterocycles. The van der Waals surface area contributed by atoms with Crippen molar-refractivity contribution in [1.82, 2.24) is 27.9 Å². The first-order chi connectivity index (χ1) is 47.3. The molecule has 0 atom stereocenters. The number of sulfonamides is 3. The third kappa shape index (κ3) is 16.4. The molecule has 34 heteroatoms. The molecule has 0 saturated carbocycles. The molecule has 12 rings (SSSR count). The van der Waals surface area contributed by atoms with Crippen LogP contribution in [0.2, 0.25) is 5.02 Å². The smallest absolute Gasteiger partial charge is 0.256 e. The van der Waals surface area contributed by atoms with Crippen molar-refractivity contribution in [3.8, 4) is 0 Å². The number of rotatable bonds is 18. The number of anilines is 3. The average Bonchev–Trinajstić information content (AvgIpc) is 1.47. The van der Waals surface area contributed by atoms with Crippen molar-refractivity contribution in [1.29, 1.82) is 0 Å². The normalized spacial score (nSPS) is 16.7. The molecule has 9 aromatic rings. The van der Waals surface area contributed by atoms with Gasteiger partial charge in [-0.05, 0) is 123 Å². The molecule has 9 N–H and O–H groups in total. The van der Waals surface area contributed by atoms with Gasteiger partial charge >= 0.3 is 0 Å². The molecule has 0 bridgehead atoms. The van der Waals surface area contributed by atoms with E-state index in [0.29, 0.717) is 44.8 Å². The summed E-state index contributed by atoms with van der Waals surface area (Å²) in [5.74, 6) is -9.47. The third-order valence-corrected chi connectivity index (χ3v) is 23.3. The minimum Gasteiger partial charge on any atom is -0.387 e. The van der Waals surface area contributed by atoms with Crippen molar-refractivity contribution < 1.29 is 95.5 Å². The molecule has 3 aliphatic rings. The summed E-state index contributed by atoms with van der Waals surface area (Å²) in [5, 5.41) is 40.1. The van der Waals surface area contributed by atoms with E-state index in [2.05, 4.69) is 30.9 Å². The van der Waals surface area contributed by atoms with Crippen LogP contribution in [-0.2, 0) is 44.3 Å². The van der Waals surface area contributed by atoms with Gasteiger partial charge in [-0.25, -0.2) is 51.6 Å². The maximum Gasteiger partial charge on any atom is 0.256 e. The first kappa shape index (κ1) is 74.4. The number of nitrogens with zero attached hydrogens (tertiary/aromatic N) is 3. The van der Waals surface area contributed by atoms with Crippen LogP contribution in [0.3, 0.4) is 0 Å². The van der Waals surface area contributed by atoms with E-state index < -0.39 is 99.5 Å². The Bertz CT molecular complexity index is 4700. The molecule has 24 nitrogen and oxygen atoms in total. The van der Waals surface area contributed by atoms with Gasteiger partial charge in [-0.15, -0.1) is 0 Å². The molecule has 3 amide bonds. The quantitative estimate of drug-likeness (QED) is 0.0285. The number of aromatic amines is 3. The maximum absolute atomic E-state index is 13.5. The highest BCUT2D eigenvalue weighted by Crippen LogP contribution is 2.35. The molecule has 6 heterocycles. The summed E-state index contributed by atoms with van der Waals surface area (Å²) in [6, 6.07) is 20.9. The van der Waals surface area contributed by atoms with Crippen molar-refractivity contribution in [2.45, 2.75) is 70.0 Å². The zero-order valence-corrected chi connectivity index (χ0v) is 56.8. The lowest BCUT2D eigenvalue weighted by molar-refractivity contribution is -0.0610. The number of hydrogen-bond donors (Lipinski definition) is 9. The van der Waals surface area contributed by atoms with E-state index in [4.69, 9.17) is 25.8 Å². The third-order valence-electron chi connectivity index (χ3n) is 17.4. The Morgan fingerprint density at radius 3 is 1.04 bits per heavy atom. The summed E-state index contributed by atoms with van der Waals surface area (Å²) in [6.07, 6.45) is 5.97. The van der Waals surface area contributed by atoms with E-state index >= 15 is 0 Å². The highest BCUT2D eigenvalue weighted by molar-refractivity contribution is 7.89. The molecular formula is C66H68ClF6N9O15S3. The zero-order valence-electron chi connectivity index (χ0n) is 53.6. The second-order valence-corrected chi connectivity index (χ2v) is 30.5. The number of carbonyl (C=O) groups excluding carboxylic acids is 3. The van der Waals surface area contributed by atoms with Crippen LogP contribution in [0.25, 0.3) is 32.7 Å². The number of carbonyl (C=O) groups is 3. The summed E-state index contributed by atoms with van der Waals surface area (Å²) in [7, 11) is -7.52. The Balaban J connectivity index is 0.000000162. The standard InChI is InChI=1S/C22H23ClFN3O5S.C22H22F3N3O5S.C22H23F2N3O5S/c1-32-13-22(29)5-8-27(9-6-22)33(30,31)15-11-17(16-4-7-25-20(16)12-15)21(28)26-14-2-3-19(24)18(23)10-14;1-33-12-22(30)3-6-28(7-4-22)34(31,32)14-10-16(15-2-5-26-19(15)11-14)21(29)27-13-8-17(23)20(25)18(24)9-13;1-32-13-22(29)5-8-27(9-6-22)33(30,31)15-11-17(16-4-7-25-20(16)12-15)21(28)26-14-2-3-18(23)19(24)10-14/h2-4,7,10-12,25,29H,5-6,8-9,13H2,1H3,(H,26,28);2,5,8-11,26,30H,3-4,6-7,12H2,1H3,(H,27,29);2-4,7,10-12,25,29H,5-6,8-9,13H2,1H3,(H,26,28). The second kappa shape index (κ2) is 30.1. The Hall–Kier alpha value is -8.29. The van der Waals surface area contributed by atoms with E-state index in [9.17, 15) is 81.3 Å². The minimum atomic E-state index is -4.03. The SMILES string of the molecule is COCC1(O)CCN(S(=O)(=O)c2cc(C(=O)Nc3cc(F)c(F)c(F)c3)c3cc[nH]c3c2)CC1.COCC1(O)CCN(S(=O)(=O)c2cc(C(=O)Nc3ccc(F)c(Cl)c3)c3cc[nH]c3c2)CC1.COCC1(O)CCN(S(=O)(=O)c2cc(C(=O)Nc3ccc(F)c(F)c3)c3cc[nH]c3c2)CC1. The van der Waals surface area contributed by atoms with Gasteiger partial charge in [0.15, 0.2) is 29.1 Å². The van der Waals surface area contributed by atoms with E-state index in [0.717, 1.165) is 18.2 Å². The molecule has 0 aliphatic carbocycles. The van der Waals surface area contributed by atoms with Gasteiger partial charge < -0.3 is 60.4 Å². The molecule has 3 fully saturated rings. The number of hydrogen-bond acceptors (Lipinski definition) is 15. The van der Waals surface area contributed by atoms with Gasteiger partial charge in [-0.2, -0.15) is 12.9 Å². The predicted octanol–water partition coefficient (Wildman–Crippen LogP) is 9.23. The van der Waals surface area contributed by atoms with E-state index in [1.807, 2.05) is 0 Å². The molecule has 0 spiro atoms. The van der Waals surface area contributed by atoms with E-state index in [-0.39, 0.29) is 151 Å². The van der Waals surface area contributed by atoms with Crippen LogP contribution in [0.15, 0.2) is 136 Å². The summed E-state index contributed by atoms with van der Waals surface area (Å²) in [4.78, 5) is 47.3. The second-order valence-electron chi connectivity index (χ2n) is 24.3. The molecule has 3 aromatic heterocycles. The fraction of sp³-hybridized carbons (Fsp3) is 0.318. The first-order valence-corrected chi connectivity index (χ1v) is 35.5. The van der Waals surface area contributed by atoms with Gasteiger partial charge in [-0.3, -0.25) is 14.4 Å². The lowest BCUT2D eigenvalue weighted by atomic mass is 9.94. The number of aliphatic hydroxyl groups is 3. The van der Waals surface area contributed by atoms with Gasteiger partial charge in [-0.1, -0.05) is 11.6 Å². The Morgan fingerprint density at radius 1 is 0.430 bits per heavy atom. The van der Waals surface area contributed by atoms with Gasteiger partial charge in [0.25, 0.3) is 17.7 Å². The fourth-order valence-electron chi connectivity index (χ4n) is 11.9. The lowest BCUT2D eigenvalue weighted by Gasteiger charge is -2.37. The number of benzene rings is 6. The molecule has 0 unspecified atom stereocenters. The summed E-state index contributed by atoms with van der Waals surface area (Å²) < 4.78 is 179. The topological polar surface area (TPSA) is 335 Å². The number of fused-ring (bicyclic) bond motifs is 3. The Labute approximate surface area is 574 Å². The van der Waals surface area contributed by atoms with Crippen molar-refractivity contribution in [3.05, 3.63) is 178 Å². The first-order valence-electron chi connectivity index (χ1n) is 30.8. The minimum absolute atomic E-state index is 0.0318. The molecule has 6 aromatic carbocycles. The number of nitrogens with one attached hydrogen (secondary N) is 6. The fourth-order valence-corrected chi connectivity index (χ4v) is 16.6. The summed E-state index contributed by atoms with van der Waals surface area (Å²) in [5.41, 5.74) is -1.88. The predicted molar refractivity (Wildman–Crippen MR) is 357 cm³/mol. The number of piperidine rings is 3. The number of amides is 3. The van der Waals surface area contributed by atoms with Gasteiger partial charge in [0.05, 0.1) is 73.0 Å². The van der Waals surface area contributed by atoms with Crippen LogP contribution in [0.1, 0.15) is 69.6 Å². The van der Waals surface area contributed by atoms with Crippen molar-refractivity contribution in [2.75, 3.05) is 96.4 Å². The van der Waals surface area contributed by atoms with Gasteiger partial charge in [0.1, 0.15) is 5.82 Å². The molecule has 3 saturated heterocycles. The zero-order chi connectivity index (χ0) is 72.3. The number of methoxy groups -OCH3 is 3. The largest absolute Gasteiger partial charge is 0.387 e. The van der Waals surface area contributed by atoms with Crippen molar-refractivity contribution in [2.24, 2.45) is 0 Å². The number of ether oxygens (including phenoxy) is 3. The summed E-state index contributed by atoms with van der Waals surface area (Å²) >= 11 is 5.79. The number of aromatic nitrogens is 3. The Morgan fingerprint density at radius 2 is 0.730 bits per heavy atom. The highest BCUT2D eigenvalue weighted by atomic mass is 35.5. The lowest BCUT2D eigenvalue weighted by Crippen LogP contribution is -2.48. The molecule has 0 radical (unpaired) electrons. The summed E-state index contributed by atoms with van der Waals surface area (Å²) in [6.45, 7) is 0.895. The van der Waals surface area contributed by atoms with E-state index in [1.165, 1.54) is 95.0 Å². The molecule has 534 valence electrons. The van der Waals surface area contributed by atoms with Crippen LogP contribution in [0.5, 0.6) is 0 Å². The maximum atomic E-state index is 13.5. The number of halogens is 7. The molecular weight excluding hydrogens is 1400 g/mol. The monoisotopic (exact) mass is 1470 g/mol.